The smallest absolute Gasteiger partial charge is 0.305 e. The fraction of sp³-hybridized carbons (Fsp3) is 0.429. The topological polar surface area (TPSA) is 92.4 Å². The number of carboxylic acids is 1. The van der Waals surface area contributed by atoms with E-state index in [4.69, 9.17) is 10.8 Å². The fourth-order valence-corrected chi connectivity index (χ4v) is 1.71. The van der Waals surface area contributed by atoms with Crippen molar-refractivity contribution in [2.24, 2.45) is 5.73 Å². The van der Waals surface area contributed by atoms with Crippen LogP contribution in [0.5, 0.6) is 0 Å². The van der Waals surface area contributed by atoms with Crippen molar-refractivity contribution in [3.8, 4) is 0 Å². The number of hydrogen-bond acceptors (Lipinski definition) is 3. The van der Waals surface area contributed by atoms with Crippen LogP contribution in [0.15, 0.2) is 30.3 Å². The minimum absolute atomic E-state index is 0.236. The van der Waals surface area contributed by atoms with Crippen LogP contribution in [-0.4, -0.2) is 29.6 Å². The zero-order valence-electron chi connectivity index (χ0n) is 11.2. The zero-order chi connectivity index (χ0) is 14.5. The molecule has 0 aliphatic carbocycles. The Labute approximate surface area is 112 Å². The van der Waals surface area contributed by atoms with Crippen LogP contribution in [0.1, 0.15) is 25.8 Å². The summed E-state index contributed by atoms with van der Waals surface area (Å²) >= 11 is 0. The zero-order valence-corrected chi connectivity index (χ0v) is 11.2. The van der Waals surface area contributed by atoms with Gasteiger partial charge in [0.05, 0.1) is 12.5 Å². The van der Waals surface area contributed by atoms with Crippen molar-refractivity contribution in [1.82, 2.24) is 5.32 Å². The molecule has 0 aliphatic heterocycles. The monoisotopic (exact) mass is 264 g/mol. The van der Waals surface area contributed by atoms with Gasteiger partial charge in [-0.1, -0.05) is 44.2 Å². The Balaban J connectivity index is 2.56. The Morgan fingerprint density at radius 2 is 1.89 bits per heavy atom. The lowest BCUT2D eigenvalue weighted by Gasteiger charge is -2.26. The van der Waals surface area contributed by atoms with E-state index in [9.17, 15) is 9.59 Å². The van der Waals surface area contributed by atoms with E-state index in [1.807, 2.05) is 44.2 Å². The van der Waals surface area contributed by atoms with Crippen molar-refractivity contribution in [3.05, 3.63) is 35.9 Å². The maximum atomic E-state index is 11.7. The molecule has 5 nitrogen and oxygen atoms in total. The average molecular weight is 264 g/mol. The molecular weight excluding hydrogens is 244 g/mol. The number of rotatable bonds is 6. The quantitative estimate of drug-likeness (QED) is 0.711. The molecule has 1 rings (SSSR count). The van der Waals surface area contributed by atoms with E-state index in [1.54, 1.807) is 0 Å². The Morgan fingerprint density at radius 3 is 2.42 bits per heavy atom. The van der Waals surface area contributed by atoms with Gasteiger partial charge in [0.2, 0.25) is 5.91 Å². The number of carboxylic acid groups (broad SMARTS) is 1. The first-order valence-corrected chi connectivity index (χ1v) is 6.13. The van der Waals surface area contributed by atoms with Crippen LogP contribution in [0.2, 0.25) is 0 Å². The lowest BCUT2D eigenvalue weighted by atomic mass is 9.84. The average Bonchev–Trinajstić information content (AvgIpc) is 2.36. The van der Waals surface area contributed by atoms with Crippen LogP contribution in [0.3, 0.4) is 0 Å². The number of benzene rings is 1. The largest absolute Gasteiger partial charge is 0.481 e. The van der Waals surface area contributed by atoms with Gasteiger partial charge in [-0.05, 0) is 5.56 Å². The van der Waals surface area contributed by atoms with E-state index < -0.39 is 17.9 Å². The summed E-state index contributed by atoms with van der Waals surface area (Å²) in [6, 6.07) is 8.78. The second-order valence-electron chi connectivity index (χ2n) is 5.17. The summed E-state index contributed by atoms with van der Waals surface area (Å²) in [5, 5.41) is 11.3. The standard InChI is InChI=1S/C14H20N2O3/c1-14(2,10-6-4-3-5-7-10)9-16-13(19)11(15)8-12(17)18/h3-7,11H,8-9,15H2,1-2H3,(H,16,19)(H,17,18). The molecule has 0 aliphatic rings. The summed E-state index contributed by atoms with van der Waals surface area (Å²) in [7, 11) is 0. The second-order valence-corrected chi connectivity index (χ2v) is 5.17. The molecule has 1 unspecified atom stereocenters. The van der Waals surface area contributed by atoms with Gasteiger partial charge in [0.1, 0.15) is 0 Å². The third-order valence-corrected chi connectivity index (χ3v) is 2.99. The van der Waals surface area contributed by atoms with Crippen molar-refractivity contribution < 1.29 is 14.7 Å². The van der Waals surface area contributed by atoms with Crippen molar-refractivity contribution in [3.63, 3.8) is 0 Å². The van der Waals surface area contributed by atoms with E-state index in [1.165, 1.54) is 0 Å². The minimum atomic E-state index is -1.08. The van der Waals surface area contributed by atoms with Crippen LogP contribution in [0.4, 0.5) is 0 Å². The lowest BCUT2D eigenvalue weighted by Crippen LogP contribution is -2.46. The van der Waals surface area contributed by atoms with Gasteiger partial charge in [0.15, 0.2) is 0 Å². The van der Waals surface area contributed by atoms with Crippen molar-refractivity contribution in [2.45, 2.75) is 31.7 Å². The van der Waals surface area contributed by atoms with Gasteiger partial charge >= 0.3 is 5.97 Å². The van der Waals surface area contributed by atoms with Gasteiger partial charge in [-0.2, -0.15) is 0 Å². The SMILES string of the molecule is CC(C)(CNC(=O)C(N)CC(=O)O)c1ccccc1. The molecule has 1 amide bonds. The van der Waals surface area contributed by atoms with Gasteiger partial charge in [-0.15, -0.1) is 0 Å². The van der Waals surface area contributed by atoms with Gasteiger partial charge < -0.3 is 16.2 Å². The molecule has 1 aromatic carbocycles. The van der Waals surface area contributed by atoms with Gasteiger partial charge in [0, 0.05) is 12.0 Å². The second kappa shape index (κ2) is 6.33. The van der Waals surface area contributed by atoms with Crippen LogP contribution in [-0.2, 0) is 15.0 Å². The summed E-state index contributed by atoms with van der Waals surface area (Å²) in [6.45, 7) is 4.42. The Bertz CT molecular complexity index is 443. The third kappa shape index (κ3) is 4.71. The maximum Gasteiger partial charge on any atom is 0.305 e. The van der Waals surface area contributed by atoms with Gasteiger partial charge in [-0.3, -0.25) is 9.59 Å². The molecule has 0 heterocycles. The lowest BCUT2D eigenvalue weighted by molar-refractivity contribution is -0.139. The number of carbonyl (C=O) groups is 2. The van der Waals surface area contributed by atoms with Crippen LogP contribution in [0.25, 0.3) is 0 Å². The maximum absolute atomic E-state index is 11.7. The Morgan fingerprint density at radius 1 is 1.32 bits per heavy atom. The van der Waals surface area contributed by atoms with Crippen molar-refractivity contribution in [1.29, 1.82) is 0 Å². The number of nitrogens with one attached hydrogen (secondary N) is 1. The summed E-state index contributed by atoms with van der Waals surface area (Å²) in [4.78, 5) is 22.1. The highest BCUT2D eigenvalue weighted by molar-refractivity contribution is 5.85. The Hall–Kier alpha value is -1.88. The van der Waals surface area contributed by atoms with Crippen LogP contribution in [0, 0.1) is 0 Å². The molecule has 5 heteroatoms. The van der Waals surface area contributed by atoms with Crippen molar-refractivity contribution in [2.75, 3.05) is 6.54 Å². The van der Waals surface area contributed by atoms with E-state index in [2.05, 4.69) is 5.32 Å². The van der Waals surface area contributed by atoms with Gasteiger partial charge in [0.25, 0.3) is 0 Å². The molecule has 0 bridgehead atoms. The van der Waals surface area contributed by atoms with E-state index in [0.29, 0.717) is 6.54 Å². The van der Waals surface area contributed by atoms with E-state index in [0.717, 1.165) is 5.56 Å². The molecule has 1 aromatic rings. The molecule has 19 heavy (non-hydrogen) atoms. The van der Waals surface area contributed by atoms with E-state index in [-0.39, 0.29) is 11.8 Å². The summed E-state index contributed by atoms with van der Waals surface area (Å²) in [6.07, 6.45) is -0.363. The number of nitrogens with two attached hydrogens (primary N) is 1. The van der Waals surface area contributed by atoms with Crippen molar-refractivity contribution >= 4 is 11.9 Å². The molecule has 0 radical (unpaired) electrons. The predicted octanol–water partition coefficient (Wildman–Crippen LogP) is 0.882. The summed E-state index contributed by atoms with van der Waals surface area (Å²) in [5.41, 5.74) is 6.36. The highest BCUT2D eigenvalue weighted by Gasteiger charge is 2.23. The molecule has 0 spiro atoms. The van der Waals surface area contributed by atoms with Crippen LogP contribution >= 0.6 is 0 Å². The molecule has 0 saturated heterocycles. The summed E-state index contributed by atoms with van der Waals surface area (Å²) in [5.74, 6) is -1.52. The molecule has 104 valence electrons. The van der Waals surface area contributed by atoms with Crippen LogP contribution < -0.4 is 11.1 Å². The predicted molar refractivity (Wildman–Crippen MR) is 72.7 cm³/mol. The fourth-order valence-electron chi connectivity index (χ4n) is 1.71. The first kappa shape index (κ1) is 15.2. The van der Waals surface area contributed by atoms with E-state index >= 15 is 0 Å². The number of carbonyl (C=O) groups excluding carboxylic acids is 1. The first-order chi connectivity index (χ1) is 8.83. The third-order valence-electron chi connectivity index (χ3n) is 2.99. The molecule has 0 aromatic heterocycles. The highest BCUT2D eigenvalue weighted by atomic mass is 16.4. The molecular formula is C14H20N2O3. The molecule has 0 fully saturated rings. The number of hydrogen-bond donors (Lipinski definition) is 3. The first-order valence-electron chi connectivity index (χ1n) is 6.13. The number of aliphatic carboxylic acids is 1. The Kier molecular flexibility index (Phi) is 5.06. The highest BCUT2D eigenvalue weighted by Crippen LogP contribution is 2.21. The normalized spacial score (nSPS) is 12.8. The molecule has 4 N–H and O–H groups in total. The minimum Gasteiger partial charge on any atom is -0.481 e. The van der Waals surface area contributed by atoms with Gasteiger partial charge in [-0.25, -0.2) is 0 Å². The summed E-state index contributed by atoms with van der Waals surface area (Å²) < 4.78 is 0. The molecule has 1 atom stereocenters. The molecule has 0 saturated carbocycles. The number of amides is 1.